The summed E-state index contributed by atoms with van der Waals surface area (Å²) in [5, 5.41) is 8.78. The summed E-state index contributed by atoms with van der Waals surface area (Å²) in [6.07, 6.45) is 2.80. The fourth-order valence-electron chi connectivity index (χ4n) is 1.45. The van der Waals surface area contributed by atoms with Gasteiger partial charge in [0.2, 0.25) is 0 Å². The molecular formula is C12H16N2. The monoisotopic (exact) mass is 188 g/mol. The van der Waals surface area contributed by atoms with Crippen LogP contribution in [0.2, 0.25) is 0 Å². The van der Waals surface area contributed by atoms with Gasteiger partial charge >= 0.3 is 0 Å². The molecule has 0 saturated heterocycles. The molecule has 0 radical (unpaired) electrons. The molecule has 1 atom stereocenters. The Labute approximate surface area is 85.4 Å². The van der Waals surface area contributed by atoms with Gasteiger partial charge in [-0.25, -0.2) is 0 Å². The van der Waals surface area contributed by atoms with E-state index in [2.05, 4.69) is 12.1 Å². The third kappa shape index (κ3) is 3.10. The zero-order valence-corrected chi connectivity index (χ0v) is 8.53. The number of hydrogen-bond donors (Lipinski definition) is 1. The largest absolute Gasteiger partial charge is 0.399 e. The Hall–Kier alpha value is -1.49. The highest BCUT2D eigenvalue weighted by Crippen LogP contribution is 2.14. The summed E-state index contributed by atoms with van der Waals surface area (Å²) in [5.74, 6) is 0.177. The number of nitriles is 1. The summed E-state index contributed by atoms with van der Waals surface area (Å²) >= 11 is 0. The quantitative estimate of drug-likeness (QED) is 0.738. The van der Waals surface area contributed by atoms with Crippen molar-refractivity contribution in [2.45, 2.75) is 26.2 Å². The van der Waals surface area contributed by atoms with E-state index in [1.165, 1.54) is 5.56 Å². The summed E-state index contributed by atoms with van der Waals surface area (Å²) in [5.41, 5.74) is 7.68. The molecule has 0 amide bonds. The number of rotatable bonds is 4. The van der Waals surface area contributed by atoms with E-state index in [-0.39, 0.29) is 5.92 Å². The lowest BCUT2D eigenvalue weighted by molar-refractivity contribution is 0.585. The van der Waals surface area contributed by atoms with E-state index >= 15 is 0 Å². The molecule has 14 heavy (non-hydrogen) atoms. The van der Waals surface area contributed by atoms with E-state index in [0.717, 1.165) is 24.9 Å². The van der Waals surface area contributed by atoms with Gasteiger partial charge in [0, 0.05) is 11.6 Å². The van der Waals surface area contributed by atoms with Crippen LogP contribution in [0.5, 0.6) is 0 Å². The minimum atomic E-state index is 0.177. The number of nitrogens with two attached hydrogens (primary N) is 1. The maximum Gasteiger partial charge on any atom is 0.0655 e. The fraction of sp³-hybridized carbons (Fsp3) is 0.417. The van der Waals surface area contributed by atoms with E-state index in [4.69, 9.17) is 11.0 Å². The zero-order valence-electron chi connectivity index (χ0n) is 8.53. The highest BCUT2D eigenvalue weighted by Gasteiger charge is 2.04. The highest BCUT2D eigenvalue weighted by molar-refractivity contribution is 5.40. The maximum atomic E-state index is 8.78. The first-order chi connectivity index (χ1) is 6.76. The van der Waals surface area contributed by atoms with Crippen molar-refractivity contribution in [3.63, 3.8) is 0 Å². The highest BCUT2D eigenvalue weighted by atomic mass is 14.5. The summed E-state index contributed by atoms with van der Waals surface area (Å²) in [7, 11) is 0. The lowest BCUT2D eigenvalue weighted by Gasteiger charge is -2.05. The molecule has 0 aromatic heterocycles. The van der Waals surface area contributed by atoms with Crippen LogP contribution >= 0.6 is 0 Å². The normalized spacial score (nSPS) is 12.0. The van der Waals surface area contributed by atoms with Gasteiger partial charge < -0.3 is 5.73 Å². The average molecular weight is 188 g/mol. The van der Waals surface area contributed by atoms with E-state index in [0.29, 0.717) is 0 Å². The molecule has 0 fully saturated rings. The van der Waals surface area contributed by atoms with Gasteiger partial charge in [0.15, 0.2) is 0 Å². The van der Waals surface area contributed by atoms with Crippen molar-refractivity contribution in [2.75, 3.05) is 5.73 Å². The first kappa shape index (κ1) is 10.6. The van der Waals surface area contributed by atoms with Gasteiger partial charge in [0.05, 0.1) is 6.07 Å². The molecule has 2 nitrogen and oxygen atoms in total. The van der Waals surface area contributed by atoms with Crippen LogP contribution in [0, 0.1) is 17.2 Å². The van der Waals surface area contributed by atoms with E-state index in [9.17, 15) is 0 Å². The van der Waals surface area contributed by atoms with Crippen molar-refractivity contribution in [3.8, 4) is 6.07 Å². The van der Waals surface area contributed by atoms with Crippen LogP contribution in [-0.2, 0) is 6.42 Å². The van der Waals surface area contributed by atoms with Crippen LogP contribution in [0.15, 0.2) is 24.3 Å². The zero-order chi connectivity index (χ0) is 10.4. The van der Waals surface area contributed by atoms with Crippen molar-refractivity contribution >= 4 is 5.69 Å². The van der Waals surface area contributed by atoms with Gasteiger partial charge in [-0.2, -0.15) is 5.26 Å². The Morgan fingerprint density at radius 3 is 2.86 bits per heavy atom. The molecule has 0 aliphatic heterocycles. The number of anilines is 1. The second-order valence-corrected chi connectivity index (χ2v) is 3.52. The van der Waals surface area contributed by atoms with Crippen LogP contribution in [0.3, 0.4) is 0 Å². The van der Waals surface area contributed by atoms with Gasteiger partial charge in [0.1, 0.15) is 0 Å². The van der Waals surface area contributed by atoms with Gasteiger partial charge in [0.25, 0.3) is 0 Å². The minimum absolute atomic E-state index is 0.177. The number of benzene rings is 1. The Morgan fingerprint density at radius 2 is 2.29 bits per heavy atom. The minimum Gasteiger partial charge on any atom is -0.399 e. The molecule has 0 aliphatic rings. The molecule has 0 spiro atoms. The predicted molar refractivity (Wildman–Crippen MR) is 58.6 cm³/mol. The number of nitrogens with zero attached hydrogens (tertiary/aromatic N) is 1. The van der Waals surface area contributed by atoms with Crippen LogP contribution in [-0.4, -0.2) is 0 Å². The topological polar surface area (TPSA) is 49.8 Å². The molecule has 0 heterocycles. The molecule has 1 aromatic carbocycles. The van der Waals surface area contributed by atoms with Crippen LogP contribution in [0.25, 0.3) is 0 Å². The molecule has 1 aromatic rings. The second kappa shape index (κ2) is 5.29. The van der Waals surface area contributed by atoms with Gasteiger partial charge in [-0.05, 0) is 37.0 Å². The Balaban J connectivity index is 2.50. The lowest BCUT2D eigenvalue weighted by Crippen LogP contribution is -1.98. The predicted octanol–water partition coefficient (Wildman–Crippen LogP) is 2.75. The molecule has 2 N–H and O–H groups in total. The number of hydrogen-bond acceptors (Lipinski definition) is 2. The first-order valence-electron chi connectivity index (χ1n) is 5.00. The Kier molecular flexibility index (Phi) is 4.00. The van der Waals surface area contributed by atoms with Crippen molar-refractivity contribution < 1.29 is 0 Å². The lowest BCUT2D eigenvalue weighted by atomic mass is 9.98. The third-order valence-electron chi connectivity index (χ3n) is 2.41. The summed E-state index contributed by atoms with van der Waals surface area (Å²) in [6.45, 7) is 2.05. The van der Waals surface area contributed by atoms with Crippen LogP contribution < -0.4 is 5.73 Å². The summed E-state index contributed by atoms with van der Waals surface area (Å²) in [6, 6.07) is 10.2. The average Bonchev–Trinajstić information content (AvgIpc) is 2.19. The third-order valence-corrected chi connectivity index (χ3v) is 2.41. The van der Waals surface area contributed by atoms with Crippen molar-refractivity contribution in [3.05, 3.63) is 29.8 Å². The smallest absolute Gasteiger partial charge is 0.0655 e. The van der Waals surface area contributed by atoms with Gasteiger partial charge in [-0.15, -0.1) is 0 Å². The Morgan fingerprint density at radius 1 is 1.50 bits per heavy atom. The molecule has 1 rings (SSSR count). The van der Waals surface area contributed by atoms with E-state index in [1.807, 2.05) is 25.1 Å². The summed E-state index contributed by atoms with van der Waals surface area (Å²) < 4.78 is 0. The molecule has 74 valence electrons. The van der Waals surface area contributed by atoms with Crippen LogP contribution in [0.4, 0.5) is 5.69 Å². The second-order valence-electron chi connectivity index (χ2n) is 3.52. The van der Waals surface area contributed by atoms with Crippen molar-refractivity contribution in [1.82, 2.24) is 0 Å². The van der Waals surface area contributed by atoms with Crippen molar-refractivity contribution in [2.24, 2.45) is 5.92 Å². The first-order valence-corrected chi connectivity index (χ1v) is 5.00. The van der Waals surface area contributed by atoms with Gasteiger partial charge in [-0.3, -0.25) is 0 Å². The number of nitrogen functional groups attached to an aromatic ring is 1. The molecule has 2 heteroatoms. The Bertz CT molecular complexity index is 325. The fourth-order valence-corrected chi connectivity index (χ4v) is 1.45. The SMILES string of the molecule is CCC(C#N)CCc1cccc(N)c1. The van der Waals surface area contributed by atoms with E-state index < -0.39 is 0 Å². The van der Waals surface area contributed by atoms with E-state index in [1.54, 1.807) is 0 Å². The van der Waals surface area contributed by atoms with Crippen molar-refractivity contribution in [1.29, 1.82) is 5.26 Å². The molecular weight excluding hydrogens is 172 g/mol. The number of aryl methyl sites for hydroxylation is 1. The maximum absolute atomic E-state index is 8.78. The van der Waals surface area contributed by atoms with Gasteiger partial charge in [-0.1, -0.05) is 19.1 Å². The van der Waals surface area contributed by atoms with Crippen LogP contribution in [0.1, 0.15) is 25.3 Å². The molecule has 0 saturated carbocycles. The molecule has 0 bridgehead atoms. The standard InChI is InChI=1S/C12H16N2/c1-2-10(9-13)6-7-11-4-3-5-12(14)8-11/h3-5,8,10H,2,6-7,14H2,1H3. The molecule has 1 unspecified atom stereocenters. The molecule has 0 aliphatic carbocycles. The summed E-state index contributed by atoms with van der Waals surface area (Å²) in [4.78, 5) is 0.